The fourth-order valence-corrected chi connectivity index (χ4v) is 3.85. The van der Waals surface area contributed by atoms with Crippen LogP contribution in [-0.2, 0) is 11.2 Å². The molecule has 0 aliphatic carbocycles. The van der Waals surface area contributed by atoms with Crippen molar-refractivity contribution in [1.82, 2.24) is 10.2 Å². The van der Waals surface area contributed by atoms with Gasteiger partial charge in [0.15, 0.2) is 0 Å². The molecule has 2 atom stereocenters. The van der Waals surface area contributed by atoms with E-state index in [4.69, 9.17) is 0 Å². The highest BCUT2D eigenvalue weighted by Crippen LogP contribution is 2.28. The van der Waals surface area contributed by atoms with Crippen molar-refractivity contribution in [2.45, 2.75) is 32.2 Å². The number of fused-ring (bicyclic) bond motifs is 1. The lowest BCUT2D eigenvalue weighted by Crippen LogP contribution is -2.36. The normalized spacial score (nSPS) is 23.2. The van der Waals surface area contributed by atoms with Crippen LogP contribution in [0.15, 0.2) is 30.9 Å². The summed E-state index contributed by atoms with van der Waals surface area (Å²) < 4.78 is 0. The van der Waals surface area contributed by atoms with Gasteiger partial charge in [0.2, 0.25) is 5.91 Å². The fraction of sp³-hybridized carbons (Fsp3) is 0.500. The second kappa shape index (κ2) is 7.40. The van der Waals surface area contributed by atoms with Crippen LogP contribution in [0.3, 0.4) is 0 Å². The van der Waals surface area contributed by atoms with E-state index in [0.717, 1.165) is 37.1 Å². The van der Waals surface area contributed by atoms with E-state index in [0.29, 0.717) is 30.6 Å². The number of likely N-dealkylation sites (tertiary alicyclic amines) is 1. The minimum atomic E-state index is -0.0857. The Hall–Kier alpha value is -2.14. The van der Waals surface area contributed by atoms with E-state index in [1.165, 1.54) is 6.08 Å². The quantitative estimate of drug-likeness (QED) is 0.855. The van der Waals surface area contributed by atoms with Crippen LogP contribution >= 0.6 is 0 Å². The van der Waals surface area contributed by atoms with Crippen molar-refractivity contribution in [2.24, 2.45) is 5.92 Å². The number of aryl methyl sites for hydroxylation is 1. The molecule has 2 heterocycles. The van der Waals surface area contributed by atoms with Crippen LogP contribution in [0.2, 0.25) is 0 Å². The lowest BCUT2D eigenvalue weighted by Gasteiger charge is -2.29. The predicted octanol–water partition coefficient (Wildman–Crippen LogP) is 2.22. The average Bonchev–Trinajstić information content (AvgIpc) is 2.96. The molecule has 5 heteroatoms. The molecule has 1 N–H and O–H groups in total. The van der Waals surface area contributed by atoms with E-state index < -0.39 is 0 Å². The Bertz CT molecular complexity index is 686. The highest BCUT2D eigenvalue weighted by atomic mass is 16.2. The Morgan fingerprint density at radius 1 is 1.36 bits per heavy atom. The van der Waals surface area contributed by atoms with Gasteiger partial charge in [-0.2, -0.15) is 0 Å². The molecule has 1 saturated heterocycles. The Morgan fingerprint density at radius 2 is 2.16 bits per heavy atom. The minimum absolute atomic E-state index is 0.0308. The average molecular weight is 341 g/mol. The highest BCUT2D eigenvalue weighted by molar-refractivity contribution is 6.02. The summed E-state index contributed by atoms with van der Waals surface area (Å²) in [7, 11) is 2.13. The minimum Gasteiger partial charge on any atom is -0.352 e. The first-order valence-electron chi connectivity index (χ1n) is 9.06. The molecule has 1 fully saturated rings. The van der Waals surface area contributed by atoms with Gasteiger partial charge < -0.3 is 15.1 Å². The van der Waals surface area contributed by atoms with E-state index in [1.54, 1.807) is 4.90 Å². The number of carbonyl (C=O) groups is 2. The summed E-state index contributed by atoms with van der Waals surface area (Å²) in [5, 5.41) is 3.08. The van der Waals surface area contributed by atoms with Crippen molar-refractivity contribution in [1.29, 1.82) is 0 Å². The Labute approximate surface area is 149 Å². The summed E-state index contributed by atoms with van der Waals surface area (Å²) in [6.45, 7) is 8.29. The van der Waals surface area contributed by atoms with Crippen LogP contribution in [0.25, 0.3) is 0 Å². The van der Waals surface area contributed by atoms with Gasteiger partial charge in [-0.1, -0.05) is 6.58 Å². The second-order valence-electron chi connectivity index (χ2n) is 7.12. The summed E-state index contributed by atoms with van der Waals surface area (Å²) >= 11 is 0. The molecule has 25 heavy (non-hydrogen) atoms. The van der Waals surface area contributed by atoms with Crippen molar-refractivity contribution < 1.29 is 9.59 Å². The molecule has 0 bridgehead atoms. The van der Waals surface area contributed by atoms with Gasteiger partial charge in [-0.3, -0.25) is 9.59 Å². The van der Waals surface area contributed by atoms with Gasteiger partial charge in [0.05, 0.1) is 0 Å². The second-order valence-corrected chi connectivity index (χ2v) is 7.12. The molecular weight excluding hydrogens is 314 g/mol. The number of amides is 2. The zero-order chi connectivity index (χ0) is 18.0. The zero-order valence-corrected chi connectivity index (χ0v) is 15.1. The molecule has 2 aliphatic heterocycles. The van der Waals surface area contributed by atoms with E-state index in [2.05, 4.69) is 30.8 Å². The molecule has 0 saturated carbocycles. The first-order chi connectivity index (χ1) is 12.0. The number of hydrogen-bond acceptors (Lipinski definition) is 3. The molecule has 3 rings (SSSR count). The lowest BCUT2D eigenvalue weighted by molar-refractivity contribution is -0.114. The van der Waals surface area contributed by atoms with Crippen molar-refractivity contribution >= 4 is 17.5 Å². The summed E-state index contributed by atoms with van der Waals surface area (Å²) in [4.78, 5) is 28.6. The molecular formula is C20H27N3O2. The van der Waals surface area contributed by atoms with Crippen LogP contribution < -0.4 is 10.2 Å². The topological polar surface area (TPSA) is 52.7 Å². The predicted molar refractivity (Wildman–Crippen MR) is 99.8 cm³/mol. The third-order valence-electron chi connectivity index (χ3n) is 5.66. The highest BCUT2D eigenvalue weighted by Gasteiger charge is 2.28. The van der Waals surface area contributed by atoms with Gasteiger partial charge >= 0.3 is 0 Å². The standard InChI is InChI=1S/C20H27N3O2/c1-4-19(24)23-10-5-6-15-12-16(7-8-18(15)23)20(25)21-13-17-9-11-22(3)14(17)2/h4,7-8,12,14,17H,1,5-6,9-11,13H2,2-3H3,(H,21,25)/t14-,17+/m1/s1. The molecule has 0 radical (unpaired) electrons. The van der Waals surface area contributed by atoms with Gasteiger partial charge in [0.1, 0.15) is 0 Å². The van der Waals surface area contributed by atoms with E-state index in [1.807, 2.05) is 18.2 Å². The van der Waals surface area contributed by atoms with Crippen molar-refractivity contribution in [2.75, 3.05) is 31.6 Å². The molecule has 0 unspecified atom stereocenters. The molecule has 134 valence electrons. The smallest absolute Gasteiger partial charge is 0.251 e. The number of hydrogen-bond donors (Lipinski definition) is 1. The summed E-state index contributed by atoms with van der Waals surface area (Å²) in [6, 6.07) is 6.13. The number of carbonyl (C=O) groups excluding carboxylic acids is 2. The maximum absolute atomic E-state index is 12.5. The molecule has 1 aromatic carbocycles. The van der Waals surface area contributed by atoms with Gasteiger partial charge in [-0.05, 0) is 75.5 Å². The Balaban J connectivity index is 1.68. The molecule has 5 nitrogen and oxygen atoms in total. The monoisotopic (exact) mass is 341 g/mol. The van der Waals surface area contributed by atoms with Gasteiger partial charge in [-0.25, -0.2) is 0 Å². The third kappa shape index (κ3) is 3.61. The molecule has 2 aliphatic rings. The van der Waals surface area contributed by atoms with Gasteiger partial charge in [0.25, 0.3) is 5.91 Å². The van der Waals surface area contributed by atoms with Gasteiger partial charge in [-0.15, -0.1) is 0 Å². The number of nitrogens with zero attached hydrogens (tertiary/aromatic N) is 2. The SMILES string of the molecule is C=CC(=O)N1CCCc2cc(C(=O)NC[C@@H]3CCN(C)[C@@H]3C)ccc21. The van der Waals surface area contributed by atoms with E-state index in [-0.39, 0.29) is 11.8 Å². The molecule has 0 spiro atoms. The fourth-order valence-electron chi connectivity index (χ4n) is 3.85. The van der Waals surface area contributed by atoms with Crippen LogP contribution in [0.1, 0.15) is 35.7 Å². The Morgan fingerprint density at radius 3 is 2.84 bits per heavy atom. The number of benzene rings is 1. The first-order valence-corrected chi connectivity index (χ1v) is 9.06. The maximum Gasteiger partial charge on any atom is 0.251 e. The van der Waals surface area contributed by atoms with Crippen LogP contribution in [0.5, 0.6) is 0 Å². The number of nitrogens with one attached hydrogen (secondary N) is 1. The van der Waals surface area contributed by atoms with E-state index >= 15 is 0 Å². The van der Waals surface area contributed by atoms with E-state index in [9.17, 15) is 9.59 Å². The molecule has 2 amide bonds. The summed E-state index contributed by atoms with van der Waals surface area (Å²) in [5.74, 6) is 0.390. The third-order valence-corrected chi connectivity index (χ3v) is 5.66. The van der Waals surface area contributed by atoms with Crippen LogP contribution in [0.4, 0.5) is 5.69 Å². The van der Waals surface area contributed by atoms with Crippen LogP contribution in [-0.4, -0.2) is 49.4 Å². The largest absolute Gasteiger partial charge is 0.352 e. The number of rotatable bonds is 4. The van der Waals surface area contributed by atoms with Crippen molar-refractivity contribution in [3.63, 3.8) is 0 Å². The number of anilines is 1. The van der Waals surface area contributed by atoms with Gasteiger partial charge in [0, 0.05) is 30.4 Å². The molecule has 1 aromatic rings. The van der Waals surface area contributed by atoms with Crippen molar-refractivity contribution in [3.05, 3.63) is 42.0 Å². The lowest BCUT2D eigenvalue weighted by atomic mass is 9.98. The maximum atomic E-state index is 12.5. The molecule has 0 aromatic heterocycles. The van der Waals surface area contributed by atoms with Crippen LogP contribution in [0, 0.1) is 5.92 Å². The summed E-state index contributed by atoms with van der Waals surface area (Å²) in [6.07, 6.45) is 4.27. The van der Waals surface area contributed by atoms with Crippen molar-refractivity contribution in [3.8, 4) is 0 Å². The summed E-state index contributed by atoms with van der Waals surface area (Å²) in [5.41, 5.74) is 2.63. The Kier molecular flexibility index (Phi) is 5.23. The zero-order valence-electron chi connectivity index (χ0n) is 15.1. The first kappa shape index (κ1) is 17.7.